The molecule has 47 heavy (non-hydrogen) atoms. The average Bonchev–Trinajstić information content (AvgIpc) is 3.50. The van der Waals surface area contributed by atoms with Gasteiger partial charge >= 0.3 is 12.1 Å². The number of carbonyl (C=O) groups is 2. The van der Waals surface area contributed by atoms with Crippen molar-refractivity contribution in [2.75, 3.05) is 7.05 Å². The second-order valence-electron chi connectivity index (χ2n) is 10.2. The first-order chi connectivity index (χ1) is 22.1. The molecular formula is C30H29F3N6O7S. The van der Waals surface area contributed by atoms with Crippen LogP contribution in [0.15, 0.2) is 95.1 Å². The molecule has 0 aliphatic rings. The number of hydrogen-bond donors (Lipinski definition) is 1. The Bertz CT molecular complexity index is 1860. The Balaban J connectivity index is 1.43. The van der Waals surface area contributed by atoms with Crippen LogP contribution < -0.4 is 4.72 Å². The number of sulfonamides is 1. The van der Waals surface area contributed by atoms with Crippen molar-refractivity contribution in [2.45, 2.75) is 44.2 Å². The number of hydrazine groups is 1. The van der Waals surface area contributed by atoms with Crippen LogP contribution in [0.25, 0.3) is 16.9 Å². The van der Waals surface area contributed by atoms with E-state index in [9.17, 15) is 36.4 Å². The molecule has 2 atom stereocenters. The van der Waals surface area contributed by atoms with E-state index in [2.05, 4.69) is 10.4 Å². The summed E-state index contributed by atoms with van der Waals surface area (Å²) in [6.07, 6.45) is -6.01. The number of ether oxygens (including phenoxy) is 1. The van der Waals surface area contributed by atoms with E-state index < -0.39 is 46.1 Å². The van der Waals surface area contributed by atoms with Gasteiger partial charge in [0.15, 0.2) is 11.7 Å². The zero-order valence-electron chi connectivity index (χ0n) is 25.4. The molecule has 4 rings (SSSR count). The van der Waals surface area contributed by atoms with Gasteiger partial charge in [-0.25, -0.2) is 22.6 Å². The third-order valence-corrected chi connectivity index (χ3v) is 8.09. The monoisotopic (exact) mass is 674 g/mol. The van der Waals surface area contributed by atoms with Crippen molar-refractivity contribution in [3.8, 4) is 16.9 Å². The smallest absolute Gasteiger partial charge is 0.435 e. The fourth-order valence-corrected chi connectivity index (χ4v) is 5.03. The molecule has 0 fully saturated rings. The number of aryl methyl sites for hydroxylation is 1. The molecule has 0 radical (unpaired) electrons. The van der Waals surface area contributed by atoms with Gasteiger partial charge in [-0.05, 0) is 56.3 Å². The fraction of sp³-hybridized carbons (Fsp3) is 0.233. The molecule has 1 amide bonds. The first-order valence-corrected chi connectivity index (χ1v) is 15.3. The first kappa shape index (κ1) is 34.4. The Morgan fingerprint density at radius 3 is 2.23 bits per heavy atom. The number of aromatic nitrogens is 2. The van der Waals surface area contributed by atoms with Crippen LogP contribution >= 0.6 is 0 Å². The summed E-state index contributed by atoms with van der Waals surface area (Å²) in [5, 5.41) is 20.0. The topological polar surface area (TPSA) is 158 Å². The van der Waals surface area contributed by atoms with Gasteiger partial charge in [0.2, 0.25) is 5.28 Å². The summed E-state index contributed by atoms with van der Waals surface area (Å²) in [4.78, 5) is 29.2. The van der Waals surface area contributed by atoms with Gasteiger partial charge in [-0.15, -0.1) is 5.01 Å². The van der Waals surface area contributed by atoms with E-state index in [1.807, 2.05) is 11.6 Å². The number of rotatable bonds is 11. The number of alkyl halides is 3. The van der Waals surface area contributed by atoms with Gasteiger partial charge in [0.1, 0.15) is 0 Å². The number of halogens is 3. The molecule has 13 nitrogen and oxygen atoms in total. The molecule has 0 saturated carbocycles. The number of esters is 1. The van der Waals surface area contributed by atoms with Crippen LogP contribution in [0.2, 0.25) is 0 Å². The van der Waals surface area contributed by atoms with Crippen molar-refractivity contribution < 1.29 is 45.7 Å². The highest BCUT2D eigenvalue weighted by atomic mass is 32.2. The molecular weight excluding hydrogens is 645 g/mol. The summed E-state index contributed by atoms with van der Waals surface area (Å²) in [6.45, 7) is 4.35. The Hall–Kier alpha value is -5.45. The van der Waals surface area contributed by atoms with Crippen LogP contribution in [0.4, 0.5) is 13.2 Å². The van der Waals surface area contributed by atoms with Gasteiger partial charge in [-0.2, -0.15) is 18.3 Å². The number of nitrogens with zero attached hydrogens (tertiary/aromatic N) is 5. The molecule has 17 heteroatoms. The molecule has 1 unspecified atom stereocenters. The minimum Gasteiger partial charge on any atom is -0.569 e. The van der Waals surface area contributed by atoms with Crippen LogP contribution in [-0.2, 0) is 30.6 Å². The second kappa shape index (κ2) is 13.9. The lowest BCUT2D eigenvalue weighted by molar-refractivity contribution is -0.711. The van der Waals surface area contributed by atoms with Crippen LogP contribution in [0.1, 0.15) is 35.5 Å². The third kappa shape index (κ3) is 8.43. The summed E-state index contributed by atoms with van der Waals surface area (Å²) in [5.74, 6) is -1.84. The van der Waals surface area contributed by atoms with E-state index in [4.69, 9.17) is 9.57 Å². The number of likely N-dealkylation sites (N-methyl/N-ethyl adjacent to an activating group) is 1. The van der Waals surface area contributed by atoms with Crippen molar-refractivity contribution in [2.24, 2.45) is 5.28 Å². The zero-order chi connectivity index (χ0) is 34.5. The first-order valence-electron chi connectivity index (χ1n) is 13.8. The summed E-state index contributed by atoms with van der Waals surface area (Å²) < 4.78 is 74.4. The van der Waals surface area contributed by atoms with Crippen LogP contribution in [0.3, 0.4) is 0 Å². The van der Waals surface area contributed by atoms with Crippen LogP contribution in [0, 0.1) is 12.1 Å². The largest absolute Gasteiger partial charge is 0.569 e. The predicted molar refractivity (Wildman–Crippen MR) is 160 cm³/mol. The van der Waals surface area contributed by atoms with Crippen molar-refractivity contribution in [3.63, 3.8) is 0 Å². The van der Waals surface area contributed by atoms with E-state index in [1.54, 1.807) is 42.5 Å². The Morgan fingerprint density at radius 2 is 1.64 bits per heavy atom. The van der Waals surface area contributed by atoms with E-state index in [0.717, 1.165) is 35.5 Å². The van der Waals surface area contributed by atoms with Gasteiger partial charge < -0.3 is 9.94 Å². The number of benzene rings is 3. The van der Waals surface area contributed by atoms with E-state index in [-0.39, 0.29) is 26.8 Å². The molecule has 1 N–H and O–H groups in total. The highest BCUT2D eigenvalue weighted by molar-refractivity contribution is 7.90. The standard InChI is InChI=1S/C30H29F3N6O7S/c1-19-10-12-22(13-11-19)26-18-27(30(31,32)33)34-38(26)24-14-16-25(17-15-24)47(43,44)35-28(40)20(2)37(4)39(42)36-46-21(3)45-29(41)23-8-6-5-7-9-23/h5-18,20-21H,1-4H3,(H,35,40)/b39-36-/t20-,21?/m0/s1. The van der Waals surface area contributed by atoms with Crippen molar-refractivity contribution >= 4 is 21.9 Å². The van der Waals surface area contributed by atoms with E-state index in [1.165, 1.54) is 38.1 Å². The molecule has 0 saturated heterocycles. The zero-order valence-corrected chi connectivity index (χ0v) is 26.2. The molecule has 4 aromatic rings. The lowest BCUT2D eigenvalue weighted by Gasteiger charge is -2.20. The summed E-state index contributed by atoms with van der Waals surface area (Å²) >= 11 is 0. The molecule has 248 valence electrons. The summed E-state index contributed by atoms with van der Waals surface area (Å²) in [7, 11) is -3.35. The van der Waals surface area contributed by atoms with Gasteiger partial charge in [-0.3, -0.25) is 9.63 Å². The third-order valence-electron chi connectivity index (χ3n) is 6.73. The van der Waals surface area contributed by atoms with Crippen molar-refractivity contribution in [1.82, 2.24) is 19.5 Å². The van der Waals surface area contributed by atoms with Gasteiger partial charge in [0.05, 0.1) is 33.9 Å². The summed E-state index contributed by atoms with van der Waals surface area (Å²) in [5.41, 5.74) is 0.703. The highest BCUT2D eigenvalue weighted by Gasteiger charge is 2.35. The van der Waals surface area contributed by atoms with Gasteiger partial charge in [0, 0.05) is 12.5 Å². The van der Waals surface area contributed by atoms with Crippen LogP contribution in [-0.4, -0.2) is 59.4 Å². The summed E-state index contributed by atoms with van der Waals surface area (Å²) in [6, 6.07) is 18.9. The lowest BCUT2D eigenvalue weighted by Crippen LogP contribution is -2.47. The van der Waals surface area contributed by atoms with Crippen molar-refractivity contribution in [3.05, 3.63) is 107 Å². The molecule has 0 bridgehead atoms. The predicted octanol–water partition coefficient (Wildman–Crippen LogP) is 5.00. The Labute approximate surface area is 267 Å². The normalized spacial score (nSPS) is 13.4. The molecule has 0 spiro atoms. The lowest BCUT2D eigenvalue weighted by atomic mass is 10.1. The number of nitrogens with one attached hydrogen (secondary N) is 1. The Morgan fingerprint density at radius 1 is 1.02 bits per heavy atom. The SMILES string of the molecule is Cc1ccc(-c2cc(C(F)(F)F)nn2-c2ccc(S(=O)(=O)NC(=O)[C@H](C)N(C)/[N+]([O-])=N/OC(C)OC(=O)c3ccccc3)cc2)cc1. The second-order valence-corrected chi connectivity index (χ2v) is 11.9. The minimum absolute atomic E-state index is 0.124. The van der Waals surface area contributed by atoms with Gasteiger partial charge in [0.25, 0.3) is 22.2 Å². The van der Waals surface area contributed by atoms with Crippen LogP contribution in [0.5, 0.6) is 0 Å². The number of hydrogen-bond acceptors (Lipinski definition) is 9. The number of carbonyl (C=O) groups excluding carboxylic acids is 2. The van der Waals surface area contributed by atoms with E-state index >= 15 is 0 Å². The molecule has 3 aromatic carbocycles. The minimum atomic E-state index is -4.73. The van der Waals surface area contributed by atoms with Gasteiger partial charge in [-0.1, -0.05) is 48.0 Å². The van der Waals surface area contributed by atoms with E-state index in [0.29, 0.717) is 10.6 Å². The van der Waals surface area contributed by atoms with Crippen molar-refractivity contribution in [1.29, 1.82) is 0 Å². The number of amides is 1. The maximum absolute atomic E-state index is 13.5. The molecule has 1 aromatic heterocycles. The Kier molecular flexibility index (Phi) is 10.2. The molecule has 0 aliphatic heterocycles. The fourth-order valence-electron chi connectivity index (χ4n) is 3.99. The molecule has 0 aliphatic carbocycles. The maximum atomic E-state index is 13.5. The highest BCUT2D eigenvalue weighted by Crippen LogP contribution is 2.33. The maximum Gasteiger partial charge on any atom is 0.435 e. The molecule has 1 heterocycles. The quantitative estimate of drug-likeness (QED) is 0.0760. The average molecular weight is 675 g/mol.